The van der Waals surface area contributed by atoms with Gasteiger partial charge in [-0.15, -0.1) is 0 Å². The Labute approximate surface area is 111 Å². The lowest BCUT2D eigenvalue weighted by Gasteiger charge is -2.16. The molecule has 0 bridgehead atoms. The molecule has 0 fully saturated rings. The average Bonchev–Trinajstić information content (AvgIpc) is 2.29. The molecule has 0 radical (unpaired) electrons. The van der Waals surface area contributed by atoms with Crippen LogP contribution < -0.4 is 10.6 Å². The summed E-state index contributed by atoms with van der Waals surface area (Å²) in [6, 6.07) is -0.0760. The van der Waals surface area contributed by atoms with Crippen LogP contribution in [0.3, 0.4) is 0 Å². The quantitative estimate of drug-likeness (QED) is 0.645. The van der Waals surface area contributed by atoms with Crippen LogP contribution >= 0.6 is 11.6 Å². The van der Waals surface area contributed by atoms with Crippen LogP contribution in [0.4, 0.5) is 11.9 Å². The number of ether oxygens (including phenoxy) is 1. The van der Waals surface area contributed by atoms with Crippen LogP contribution in [0.2, 0.25) is 5.28 Å². The van der Waals surface area contributed by atoms with Crippen molar-refractivity contribution in [1.29, 1.82) is 0 Å². The van der Waals surface area contributed by atoms with E-state index in [-0.39, 0.29) is 17.9 Å². The third-order valence-electron chi connectivity index (χ3n) is 2.12. The predicted octanol–water partition coefficient (Wildman–Crippen LogP) is 0.766. The maximum Gasteiger partial charge on any atom is 0.229 e. The molecule has 1 unspecified atom stereocenters. The number of rotatable bonds is 8. The van der Waals surface area contributed by atoms with Gasteiger partial charge >= 0.3 is 0 Å². The van der Waals surface area contributed by atoms with Gasteiger partial charge in [0, 0.05) is 20.3 Å². The van der Waals surface area contributed by atoms with Gasteiger partial charge in [-0.05, 0) is 24.9 Å². The van der Waals surface area contributed by atoms with Gasteiger partial charge in [0.1, 0.15) is 0 Å². The predicted molar refractivity (Wildman–Crippen MR) is 70.0 cm³/mol. The first-order chi connectivity index (χ1) is 8.69. The largest absolute Gasteiger partial charge is 0.396 e. The minimum atomic E-state index is -0.0760. The van der Waals surface area contributed by atoms with Crippen LogP contribution in [0, 0.1) is 0 Å². The van der Waals surface area contributed by atoms with Crippen LogP contribution in [0.5, 0.6) is 0 Å². The van der Waals surface area contributed by atoms with Crippen molar-refractivity contribution in [2.45, 2.75) is 19.4 Å². The van der Waals surface area contributed by atoms with Crippen LogP contribution in [0.15, 0.2) is 0 Å². The van der Waals surface area contributed by atoms with Crippen molar-refractivity contribution in [1.82, 2.24) is 15.0 Å². The van der Waals surface area contributed by atoms with E-state index in [1.165, 1.54) is 0 Å². The molecule has 18 heavy (non-hydrogen) atoms. The lowest BCUT2D eigenvalue weighted by molar-refractivity contribution is 0.170. The molecule has 1 atom stereocenters. The number of aliphatic hydroxyl groups excluding tert-OH is 1. The fourth-order valence-corrected chi connectivity index (χ4v) is 1.55. The van der Waals surface area contributed by atoms with Gasteiger partial charge in [-0.1, -0.05) is 0 Å². The standard InChI is InChI=1S/C10H18ClN5O2/c1-3-12-9-14-8(11)15-10(16-9)13-7(4-5-17)6-18-2/h7,17H,3-6H2,1-2H3,(H2,12,13,14,15,16). The second-order valence-electron chi connectivity index (χ2n) is 3.59. The second kappa shape index (κ2) is 8.02. The molecule has 0 aliphatic rings. The fourth-order valence-electron chi connectivity index (χ4n) is 1.39. The van der Waals surface area contributed by atoms with Crippen molar-refractivity contribution >= 4 is 23.5 Å². The Morgan fingerprint density at radius 1 is 1.33 bits per heavy atom. The van der Waals surface area contributed by atoms with Crippen molar-refractivity contribution in [2.24, 2.45) is 0 Å². The number of anilines is 2. The lowest BCUT2D eigenvalue weighted by atomic mass is 10.2. The van der Waals surface area contributed by atoms with Crippen molar-refractivity contribution in [3.8, 4) is 0 Å². The summed E-state index contributed by atoms with van der Waals surface area (Å²) in [5.74, 6) is 0.779. The van der Waals surface area contributed by atoms with Crippen LogP contribution in [-0.2, 0) is 4.74 Å². The zero-order chi connectivity index (χ0) is 13.4. The fraction of sp³-hybridized carbons (Fsp3) is 0.700. The molecule has 102 valence electrons. The highest BCUT2D eigenvalue weighted by atomic mass is 35.5. The third kappa shape index (κ3) is 4.99. The second-order valence-corrected chi connectivity index (χ2v) is 3.93. The van der Waals surface area contributed by atoms with E-state index in [0.29, 0.717) is 31.5 Å². The summed E-state index contributed by atoms with van der Waals surface area (Å²) in [5.41, 5.74) is 0. The molecule has 3 N–H and O–H groups in total. The third-order valence-corrected chi connectivity index (χ3v) is 2.29. The maximum absolute atomic E-state index is 8.95. The highest BCUT2D eigenvalue weighted by molar-refractivity contribution is 6.28. The molecule has 0 spiro atoms. The SMILES string of the molecule is CCNc1nc(Cl)nc(NC(CCO)COC)n1. The molecule has 0 aliphatic heterocycles. The summed E-state index contributed by atoms with van der Waals surface area (Å²) in [4.78, 5) is 12.1. The zero-order valence-corrected chi connectivity index (χ0v) is 11.2. The zero-order valence-electron chi connectivity index (χ0n) is 10.5. The minimum Gasteiger partial charge on any atom is -0.396 e. The van der Waals surface area contributed by atoms with Crippen molar-refractivity contribution in [3.05, 3.63) is 5.28 Å². The highest BCUT2D eigenvalue weighted by Crippen LogP contribution is 2.11. The Morgan fingerprint density at radius 2 is 2.06 bits per heavy atom. The van der Waals surface area contributed by atoms with Gasteiger partial charge in [-0.25, -0.2) is 0 Å². The molecular formula is C10H18ClN5O2. The van der Waals surface area contributed by atoms with E-state index in [4.69, 9.17) is 21.4 Å². The van der Waals surface area contributed by atoms with E-state index >= 15 is 0 Å². The molecule has 7 nitrogen and oxygen atoms in total. The summed E-state index contributed by atoms with van der Waals surface area (Å²) >= 11 is 5.80. The van der Waals surface area contributed by atoms with Gasteiger partial charge in [0.25, 0.3) is 0 Å². The lowest BCUT2D eigenvalue weighted by Crippen LogP contribution is -2.27. The van der Waals surface area contributed by atoms with E-state index in [9.17, 15) is 0 Å². The number of halogens is 1. The number of aromatic nitrogens is 3. The molecule has 1 aromatic heterocycles. The van der Waals surface area contributed by atoms with Crippen molar-refractivity contribution in [3.63, 3.8) is 0 Å². The first-order valence-corrected chi connectivity index (χ1v) is 6.09. The molecule has 0 amide bonds. The van der Waals surface area contributed by atoms with Gasteiger partial charge in [0.2, 0.25) is 17.2 Å². The molecule has 0 saturated heterocycles. The topological polar surface area (TPSA) is 92.2 Å². The smallest absolute Gasteiger partial charge is 0.229 e. The Balaban J connectivity index is 2.74. The van der Waals surface area contributed by atoms with Crippen molar-refractivity contribution < 1.29 is 9.84 Å². The van der Waals surface area contributed by atoms with E-state index in [2.05, 4.69) is 25.6 Å². The van der Waals surface area contributed by atoms with E-state index in [1.807, 2.05) is 6.92 Å². The summed E-state index contributed by atoms with van der Waals surface area (Å²) < 4.78 is 5.04. The Bertz CT molecular complexity index is 360. The Kier molecular flexibility index (Phi) is 6.63. The van der Waals surface area contributed by atoms with E-state index in [1.54, 1.807) is 7.11 Å². The van der Waals surface area contributed by atoms with E-state index < -0.39 is 0 Å². The number of aliphatic hydroxyl groups is 1. The van der Waals surface area contributed by atoms with Crippen LogP contribution in [-0.4, -0.2) is 53.0 Å². The Hall–Kier alpha value is -1.18. The van der Waals surface area contributed by atoms with Gasteiger partial charge in [-0.3, -0.25) is 0 Å². The highest BCUT2D eigenvalue weighted by Gasteiger charge is 2.11. The molecular weight excluding hydrogens is 258 g/mol. The number of hydrogen-bond acceptors (Lipinski definition) is 7. The molecule has 1 heterocycles. The number of nitrogens with one attached hydrogen (secondary N) is 2. The summed E-state index contributed by atoms with van der Waals surface area (Å²) in [7, 11) is 1.59. The van der Waals surface area contributed by atoms with Crippen LogP contribution in [0.25, 0.3) is 0 Å². The summed E-state index contributed by atoms with van der Waals surface area (Å²) in [6.07, 6.45) is 0.535. The first kappa shape index (κ1) is 14.9. The van der Waals surface area contributed by atoms with Gasteiger partial charge in [-0.2, -0.15) is 15.0 Å². The Morgan fingerprint density at radius 3 is 2.67 bits per heavy atom. The first-order valence-electron chi connectivity index (χ1n) is 5.71. The van der Waals surface area contributed by atoms with Gasteiger partial charge in [0.05, 0.1) is 12.6 Å². The average molecular weight is 276 g/mol. The van der Waals surface area contributed by atoms with Crippen LogP contribution in [0.1, 0.15) is 13.3 Å². The molecule has 1 rings (SSSR count). The van der Waals surface area contributed by atoms with E-state index in [0.717, 1.165) is 0 Å². The molecule has 0 aromatic carbocycles. The van der Waals surface area contributed by atoms with Gasteiger partial charge < -0.3 is 20.5 Å². The molecule has 0 saturated carbocycles. The summed E-state index contributed by atoms with van der Waals surface area (Å²) in [6.45, 7) is 3.13. The maximum atomic E-state index is 8.95. The van der Waals surface area contributed by atoms with Crippen molar-refractivity contribution in [2.75, 3.05) is 37.5 Å². The van der Waals surface area contributed by atoms with Gasteiger partial charge in [0.15, 0.2) is 0 Å². The number of hydrogen-bond donors (Lipinski definition) is 3. The minimum absolute atomic E-state index is 0.0555. The molecule has 0 aliphatic carbocycles. The number of nitrogens with zero attached hydrogens (tertiary/aromatic N) is 3. The molecule has 1 aromatic rings. The molecule has 8 heteroatoms. The monoisotopic (exact) mass is 275 g/mol. The normalized spacial score (nSPS) is 12.2. The summed E-state index contributed by atoms with van der Waals surface area (Å²) in [5, 5.41) is 15.1. The number of methoxy groups -OCH3 is 1.